The maximum atomic E-state index is 11.6. The fraction of sp³-hybridized carbons (Fsp3) is 0.250. The summed E-state index contributed by atoms with van der Waals surface area (Å²) in [5.74, 6) is 0.161. The zero-order chi connectivity index (χ0) is 10.2. The Labute approximate surface area is 92.0 Å². The third-order valence-corrected chi connectivity index (χ3v) is 3.95. The van der Waals surface area contributed by atoms with Crippen LogP contribution >= 0.6 is 15.9 Å². The Morgan fingerprint density at radius 2 is 2.14 bits per heavy atom. The highest BCUT2D eigenvalue weighted by Gasteiger charge is 2.36. The standard InChI is InChI=1S/C12H11BrO/c1-9(14)12(13)8-4-6-10-5-2-3-7-11(10)12/h2-7H,8H2,1H3. The maximum Gasteiger partial charge on any atom is 0.151 e. The number of hydrogen-bond donors (Lipinski definition) is 0. The number of carbonyl (C=O) groups is 1. The molecule has 14 heavy (non-hydrogen) atoms. The molecule has 0 heterocycles. The molecule has 1 aromatic rings. The summed E-state index contributed by atoms with van der Waals surface area (Å²) in [6, 6.07) is 8.00. The molecule has 0 bridgehead atoms. The van der Waals surface area contributed by atoms with Gasteiger partial charge in [-0.3, -0.25) is 4.79 Å². The van der Waals surface area contributed by atoms with Crippen molar-refractivity contribution in [1.29, 1.82) is 0 Å². The van der Waals surface area contributed by atoms with Gasteiger partial charge in [-0.25, -0.2) is 0 Å². The molecular formula is C12H11BrO. The number of halogens is 1. The summed E-state index contributed by atoms with van der Waals surface area (Å²) in [6.45, 7) is 1.63. The Morgan fingerprint density at radius 3 is 2.86 bits per heavy atom. The summed E-state index contributed by atoms with van der Waals surface area (Å²) < 4.78 is -0.502. The van der Waals surface area contributed by atoms with E-state index in [1.54, 1.807) is 6.92 Å². The molecule has 0 spiro atoms. The van der Waals surface area contributed by atoms with Crippen molar-refractivity contribution < 1.29 is 4.79 Å². The zero-order valence-electron chi connectivity index (χ0n) is 7.96. The largest absolute Gasteiger partial charge is 0.298 e. The van der Waals surface area contributed by atoms with Crippen molar-refractivity contribution in [2.24, 2.45) is 0 Å². The van der Waals surface area contributed by atoms with Crippen LogP contribution in [-0.2, 0) is 9.12 Å². The summed E-state index contributed by atoms with van der Waals surface area (Å²) >= 11 is 3.56. The van der Waals surface area contributed by atoms with Crippen LogP contribution in [0.3, 0.4) is 0 Å². The van der Waals surface area contributed by atoms with Crippen LogP contribution in [0.5, 0.6) is 0 Å². The van der Waals surface area contributed by atoms with Gasteiger partial charge < -0.3 is 0 Å². The Bertz CT molecular complexity index is 409. The molecule has 0 aliphatic heterocycles. The van der Waals surface area contributed by atoms with Crippen LogP contribution in [0.25, 0.3) is 6.08 Å². The molecule has 1 unspecified atom stereocenters. The molecule has 2 heteroatoms. The molecule has 2 rings (SSSR count). The minimum Gasteiger partial charge on any atom is -0.298 e. The number of fused-ring (bicyclic) bond motifs is 1. The van der Waals surface area contributed by atoms with Crippen molar-refractivity contribution in [3.05, 3.63) is 41.5 Å². The number of carbonyl (C=O) groups excluding carboxylic acids is 1. The van der Waals surface area contributed by atoms with Gasteiger partial charge in [0.05, 0.1) is 0 Å². The molecule has 0 amide bonds. The summed E-state index contributed by atoms with van der Waals surface area (Å²) in [4.78, 5) is 11.6. The van der Waals surface area contributed by atoms with E-state index in [0.29, 0.717) is 0 Å². The predicted molar refractivity (Wildman–Crippen MR) is 61.4 cm³/mol. The topological polar surface area (TPSA) is 17.1 Å². The molecule has 1 aliphatic rings. The third-order valence-electron chi connectivity index (χ3n) is 2.64. The second-order valence-corrected chi connectivity index (χ2v) is 4.90. The van der Waals surface area contributed by atoms with Crippen molar-refractivity contribution in [3.8, 4) is 0 Å². The van der Waals surface area contributed by atoms with Gasteiger partial charge in [0.15, 0.2) is 5.78 Å². The summed E-state index contributed by atoms with van der Waals surface area (Å²) in [6.07, 6.45) is 4.84. The second kappa shape index (κ2) is 3.35. The quantitative estimate of drug-likeness (QED) is 0.700. The number of alkyl halides is 1. The first-order valence-corrected chi connectivity index (χ1v) is 5.40. The van der Waals surface area contributed by atoms with Crippen LogP contribution in [0.2, 0.25) is 0 Å². The highest BCUT2D eigenvalue weighted by Crippen LogP contribution is 2.41. The Kier molecular flexibility index (Phi) is 2.31. The average Bonchev–Trinajstić information content (AvgIpc) is 2.18. The molecule has 1 aromatic carbocycles. The lowest BCUT2D eigenvalue weighted by Gasteiger charge is -2.28. The molecule has 72 valence electrons. The van der Waals surface area contributed by atoms with Crippen LogP contribution in [-0.4, -0.2) is 5.78 Å². The lowest BCUT2D eigenvalue weighted by atomic mass is 9.84. The van der Waals surface area contributed by atoms with E-state index in [1.165, 1.54) is 0 Å². The molecule has 0 saturated carbocycles. The summed E-state index contributed by atoms with van der Waals surface area (Å²) in [5, 5.41) is 0. The first kappa shape index (κ1) is 9.66. The Balaban J connectivity index is 2.61. The predicted octanol–water partition coefficient (Wildman–Crippen LogP) is 3.28. The second-order valence-electron chi connectivity index (χ2n) is 3.55. The first-order valence-electron chi connectivity index (χ1n) is 4.60. The van der Waals surface area contributed by atoms with Crippen LogP contribution in [0, 0.1) is 0 Å². The highest BCUT2D eigenvalue weighted by atomic mass is 79.9. The lowest BCUT2D eigenvalue weighted by molar-refractivity contribution is -0.119. The molecular weight excluding hydrogens is 240 g/mol. The number of Topliss-reactive ketones (excluding diaryl/α,β-unsaturated/α-hetero) is 1. The van der Waals surface area contributed by atoms with Crippen molar-refractivity contribution in [3.63, 3.8) is 0 Å². The molecule has 1 atom stereocenters. The SMILES string of the molecule is CC(=O)C1(Br)CC=Cc2ccccc21. The zero-order valence-corrected chi connectivity index (χ0v) is 9.54. The minimum atomic E-state index is -0.502. The van der Waals surface area contributed by atoms with Gasteiger partial charge in [-0.15, -0.1) is 0 Å². The number of allylic oxidation sites excluding steroid dienone is 1. The minimum absolute atomic E-state index is 0.161. The van der Waals surface area contributed by atoms with E-state index in [2.05, 4.69) is 22.0 Å². The van der Waals surface area contributed by atoms with Crippen molar-refractivity contribution in [2.75, 3.05) is 0 Å². The van der Waals surface area contributed by atoms with Crippen LogP contribution in [0.4, 0.5) is 0 Å². The van der Waals surface area contributed by atoms with Gasteiger partial charge in [0.25, 0.3) is 0 Å². The number of benzene rings is 1. The molecule has 0 aromatic heterocycles. The summed E-state index contributed by atoms with van der Waals surface area (Å²) in [7, 11) is 0. The van der Waals surface area contributed by atoms with Gasteiger partial charge in [0.1, 0.15) is 4.32 Å². The maximum absolute atomic E-state index is 11.6. The monoisotopic (exact) mass is 250 g/mol. The number of ketones is 1. The lowest BCUT2D eigenvalue weighted by Crippen LogP contribution is -2.28. The average molecular weight is 251 g/mol. The van der Waals surface area contributed by atoms with Crippen molar-refractivity contribution in [1.82, 2.24) is 0 Å². The van der Waals surface area contributed by atoms with E-state index in [1.807, 2.05) is 30.3 Å². The van der Waals surface area contributed by atoms with E-state index in [-0.39, 0.29) is 5.78 Å². The number of rotatable bonds is 1. The van der Waals surface area contributed by atoms with E-state index in [0.717, 1.165) is 17.5 Å². The molecule has 0 N–H and O–H groups in total. The van der Waals surface area contributed by atoms with Crippen LogP contribution < -0.4 is 0 Å². The third kappa shape index (κ3) is 1.34. The van der Waals surface area contributed by atoms with Crippen molar-refractivity contribution >= 4 is 27.8 Å². The van der Waals surface area contributed by atoms with E-state index < -0.39 is 4.32 Å². The van der Waals surface area contributed by atoms with Gasteiger partial charge in [-0.05, 0) is 24.5 Å². The molecule has 1 aliphatic carbocycles. The number of hydrogen-bond acceptors (Lipinski definition) is 1. The smallest absolute Gasteiger partial charge is 0.151 e. The Hall–Kier alpha value is -0.890. The first-order chi connectivity index (χ1) is 6.64. The van der Waals surface area contributed by atoms with Gasteiger partial charge in [0.2, 0.25) is 0 Å². The molecule has 0 fully saturated rings. The fourth-order valence-corrected chi connectivity index (χ4v) is 2.34. The fourth-order valence-electron chi connectivity index (χ4n) is 1.79. The van der Waals surface area contributed by atoms with Gasteiger partial charge in [-0.2, -0.15) is 0 Å². The van der Waals surface area contributed by atoms with Gasteiger partial charge in [0, 0.05) is 0 Å². The normalized spacial score (nSPS) is 24.4. The van der Waals surface area contributed by atoms with Crippen LogP contribution in [0.15, 0.2) is 30.3 Å². The van der Waals surface area contributed by atoms with Crippen LogP contribution in [0.1, 0.15) is 24.5 Å². The van der Waals surface area contributed by atoms with Crippen molar-refractivity contribution in [2.45, 2.75) is 17.7 Å². The van der Waals surface area contributed by atoms with E-state index in [4.69, 9.17) is 0 Å². The molecule has 1 nitrogen and oxygen atoms in total. The van der Waals surface area contributed by atoms with Gasteiger partial charge in [-0.1, -0.05) is 52.3 Å². The molecule has 0 saturated heterocycles. The molecule has 0 radical (unpaired) electrons. The highest BCUT2D eigenvalue weighted by molar-refractivity contribution is 9.10. The van der Waals surface area contributed by atoms with E-state index >= 15 is 0 Å². The van der Waals surface area contributed by atoms with E-state index in [9.17, 15) is 4.79 Å². The summed E-state index contributed by atoms with van der Waals surface area (Å²) in [5.41, 5.74) is 2.21. The Morgan fingerprint density at radius 1 is 1.43 bits per heavy atom. The van der Waals surface area contributed by atoms with Gasteiger partial charge >= 0.3 is 0 Å².